The Morgan fingerprint density at radius 1 is 1.38 bits per heavy atom. The molecule has 0 amide bonds. The number of benzene rings is 1. The van der Waals surface area contributed by atoms with E-state index in [4.69, 9.17) is 9.84 Å². The molecule has 116 valence electrons. The molecule has 0 aliphatic rings. The maximum Gasteiger partial charge on any atom is 0.242 e. The molecule has 2 N–H and O–H groups in total. The molecule has 0 spiro atoms. The van der Waals surface area contributed by atoms with Crippen LogP contribution in [0, 0.1) is 11.8 Å². The zero-order valence-electron chi connectivity index (χ0n) is 12.3. The van der Waals surface area contributed by atoms with Gasteiger partial charge in [0.25, 0.3) is 0 Å². The molecule has 0 radical (unpaired) electrons. The van der Waals surface area contributed by atoms with Gasteiger partial charge in [0.05, 0.1) is 11.5 Å². The van der Waals surface area contributed by atoms with Gasteiger partial charge in [0, 0.05) is 18.7 Å². The second-order valence-corrected chi connectivity index (χ2v) is 6.20. The van der Waals surface area contributed by atoms with Crippen LogP contribution in [0.5, 0.6) is 0 Å². The van der Waals surface area contributed by atoms with Crippen LogP contribution in [0.3, 0.4) is 0 Å². The van der Waals surface area contributed by atoms with Crippen LogP contribution in [-0.4, -0.2) is 39.9 Å². The standard InChI is InChI=1S/C15H21NO4S/c1-3-7-14(12-20-2)16-21(18,19)15-10-5-4-8-13(15)9-6-11-17/h4-5,8,10,14,16-17H,3,7,11-12H2,1-2H3. The summed E-state index contributed by atoms with van der Waals surface area (Å²) >= 11 is 0. The summed E-state index contributed by atoms with van der Waals surface area (Å²) in [6, 6.07) is 6.19. The molecule has 21 heavy (non-hydrogen) atoms. The lowest BCUT2D eigenvalue weighted by molar-refractivity contribution is 0.171. The van der Waals surface area contributed by atoms with E-state index in [2.05, 4.69) is 16.6 Å². The summed E-state index contributed by atoms with van der Waals surface area (Å²) < 4.78 is 32.6. The highest BCUT2D eigenvalue weighted by atomic mass is 32.2. The van der Waals surface area contributed by atoms with Crippen LogP contribution in [0.2, 0.25) is 0 Å². The van der Waals surface area contributed by atoms with Gasteiger partial charge in [0.15, 0.2) is 0 Å². The minimum Gasteiger partial charge on any atom is -0.384 e. The van der Waals surface area contributed by atoms with Crippen LogP contribution in [0.25, 0.3) is 0 Å². The number of nitrogens with one attached hydrogen (secondary N) is 1. The number of aliphatic hydroxyl groups excluding tert-OH is 1. The Morgan fingerprint density at radius 2 is 2.10 bits per heavy atom. The normalized spacial score (nSPS) is 12.5. The predicted molar refractivity (Wildman–Crippen MR) is 81.3 cm³/mol. The highest BCUT2D eigenvalue weighted by molar-refractivity contribution is 7.89. The minimum atomic E-state index is -3.68. The Labute approximate surface area is 126 Å². The van der Waals surface area contributed by atoms with E-state index < -0.39 is 10.0 Å². The van der Waals surface area contributed by atoms with Crippen molar-refractivity contribution in [3.8, 4) is 11.8 Å². The fourth-order valence-electron chi connectivity index (χ4n) is 1.95. The van der Waals surface area contributed by atoms with Crippen molar-refractivity contribution in [3.63, 3.8) is 0 Å². The second kappa shape index (κ2) is 8.80. The summed E-state index contributed by atoms with van der Waals surface area (Å²) in [4.78, 5) is 0.114. The Hall–Kier alpha value is -1.39. The van der Waals surface area contributed by atoms with Crippen molar-refractivity contribution in [3.05, 3.63) is 29.8 Å². The molecule has 1 unspecified atom stereocenters. The average Bonchev–Trinajstić information content (AvgIpc) is 2.45. The van der Waals surface area contributed by atoms with Gasteiger partial charge in [0.1, 0.15) is 6.61 Å². The lowest BCUT2D eigenvalue weighted by Gasteiger charge is -2.17. The molecule has 1 rings (SSSR count). The van der Waals surface area contributed by atoms with E-state index in [0.29, 0.717) is 18.6 Å². The monoisotopic (exact) mass is 311 g/mol. The number of ether oxygens (including phenoxy) is 1. The van der Waals surface area contributed by atoms with Gasteiger partial charge in [-0.25, -0.2) is 13.1 Å². The molecule has 0 aromatic heterocycles. The zero-order valence-corrected chi connectivity index (χ0v) is 13.1. The van der Waals surface area contributed by atoms with Crippen molar-refractivity contribution in [2.24, 2.45) is 0 Å². The molecule has 5 nitrogen and oxygen atoms in total. The Balaban J connectivity index is 3.07. The third-order valence-electron chi connectivity index (χ3n) is 2.81. The molecule has 0 bridgehead atoms. The van der Waals surface area contributed by atoms with Crippen molar-refractivity contribution in [1.29, 1.82) is 0 Å². The number of hydrogen-bond donors (Lipinski definition) is 2. The lowest BCUT2D eigenvalue weighted by Crippen LogP contribution is -2.38. The average molecular weight is 311 g/mol. The maximum atomic E-state index is 12.5. The lowest BCUT2D eigenvalue weighted by atomic mass is 10.2. The van der Waals surface area contributed by atoms with Crippen LogP contribution in [0.4, 0.5) is 0 Å². The molecule has 0 saturated heterocycles. The van der Waals surface area contributed by atoms with Crippen molar-refractivity contribution in [2.75, 3.05) is 20.3 Å². The van der Waals surface area contributed by atoms with E-state index in [-0.39, 0.29) is 17.5 Å². The van der Waals surface area contributed by atoms with Crippen LogP contribution < -0.4 is 4.72 Å². The molecule has 1 aromatic carbocycles. The minimum absolute atomic E-state index is 0.114. The van der Waals surface area contributed by atoms with Gasteiger partial charge in [-0.3, -0.25) is 0 Å². The van der Waals surface area contributed by atoms with E-state index in [1.165, 1.54) is 13.2 Å². The highest BCUT2D eigenvalue weighted by Gasteiger charge is 2.21. The Bertz CT molecular complexity index is 596. The summed E-state index contributed by atoms with van der Waals surface area (Å²) in [6.45, 7) is 1.99. The molecule has 1 aromatic rings. The van der Waals surface area contributed by atoms with Crippen LogP contribution in [0.15, 0.2) is 29.2 Å². The molecule has 1 atom stereocenters. The smallest absolute Gasteiger partial charge is 0.242 e. The molecule has 0 heterocycles. The van der Waals surface area contributed by atoms with Gasteiger partial charge < -0.3 is 9.84 Å². The number of hydrogen-bond acceptors (Lipinski definition) is 4. The quantitative estimate of drug-likeness (QED) is 0.740. The summed E-state index contributed by atoms with van der Waals surface area (Å²) in [5, 5.41) is 8.75. The second-order valence-electron chi connectivity index (χ2n) is 4.52. The first kappa shape index (κ1) is 17.7. The largest absolute Gasteiger partial charge is 0.384 e. The molecule has 0 aliphatic carbocycles. The predicted octanol–water partition coefficient (Wildman–Crippen LogP) is 1.12. The molecule has 6 heteroatoms. The van der Waals surface area contributed by atoms with Gasteiger partial charge in [-0.2, -0.15) is 0 Å². The van der Waals surface area contributed by atoms with E-state index in [0.717, 1.165) is 6.42 Å². The van der Waals surface area contributed by atoms with Crippen LogP contribution in [-0.2, 0) is 14.8 Å². The van der Waals surface area contributed by atoms with Crippen LogP contribution >= 0.6 is 0 Å². The van der Waals surface area contributed by atoms with E-state index in [1.54, 1.807) is 18.2 Å². The third kappa shape index (κ3) is 5.48. The summed E-state index contributed by atoms with van der Waals surface area (Å²) in [6.07, 6.45) is 1.54. The third-order valence-corrected chi connectivity index (χ3v) is 4.38. The molecule has 0 saturated carbocycles. The van der Waals surface area contributed by atoms with Gasteiger partial charge in [-0.1, -0.05) is 37.3 Å². The first-order chi connectivity index (χ1) is 10.0. The topological polar surface area (TPSA) is 75.6 Å². The van der Waals surface area contributed by atoms with E-state index in [9.17, 15) is 8.42 Å². The number of rotatable bonds is 7. The van der Waals surface area contributed by atoms with E-state index in [1.807, 2.05) is 6.92 Å². The summed E-state index contributed by atoms with van der Waals surface area (Å²) in [7, 11) is -2.14. The number of sulfonamides is 1. The van der Waals surface area contributed by atoms with Gasteiger partial charge in [-0.15, -0.1) is 0 Å². The van der Waals surface area contributed by atoms with Gasteiger partial charge >= 0.3 is 0 Å². The number of methoxy groups -OCH3 is 1. The molecular formula is C15H21NO4S. The van der Waals surface area contributed by atoms with Crippen LogP contribution in [0.1, 0.15) is 25.3 Å². The van der Waals surface area contributed by atoms with E-state index >= 15 is 0 Å². The SMILES string of the molecule is CCCC(COC)NS(=O)(=O)c1ccccc1C#CCO. The van der Waals surface area contributed by atoms with Crippen molar-refractivity contribution in [1.82, 2.24) is 4.72 Å². The van der Waals surface area contributed by atoms with Gasteiger partial charge in [-0.05, 0) is 18.6 Å². The van der Waals surface area contributed by atoms with Crippen molar-refractivity contribution >= 4 is 10.0 Å². The summed E-state index contributed by atoms with van der Waals surface area (Å²) in [5.74, 6) is 5.13. The zero-order chi connectivity index (χ0) is 15.7. The highest BCUT2D eigenvalue weighted by Crippen LogP contribution is 2.15. The molecule has 0 fully saturated rings. The summed E-state index contributed by atoms with van der Waals surface area (Å²) in [5.41, 5.74) is 0.367. The molecular weight excluding hydrogens is 290 g/mol. The van der Waals surface area contributed by atoms with Crippen molar-refractivity contribution in [2.45, 2.75) is 30.7 Å². The first-order valence-electron chi connectivity index (χ1n) is 6.75. The molecule has 0 aliphatic heterocycles. The fourth-order valence-corrected chi connectivity index (χ4v) is 3.37. The Kier molecular flexibility index (Phi) is 7.40. The fraction of sp³-hybridized carbons (Fsp3) is 0.467. The maximum absolute atomic E-state index is 12.5. The van der Waals surface area contributed by atoms with Gasteiger partial charge in [0.2, 0.25) is 10.0 Å². The number of aliphatic hydroxyl groups is 1. The van der Waals surface area contributed by atoms with Crippen molar-refractivity contribution < 1.29 is 18.3 Å². The first-order valence-corrected chi connectivity index (χ1v) is 8.23. The Morgan fingerprint density at radius 3 is 2.71 bits per heavy atom.